The molecule has 62 valence electrons. The number of allylic oxidation sites excluding steroid dienone is 3. The Kier molecular flexibility index (Phi) is 2.53. The molecular formula is C11H18. The van der Waals surface area contributed by atoms with Crippen LogP contribution in [-0.4, -0.2) is 0 Å². The maximum absolute atomic E-state index is 4.01. The average Bonchev–Trinajstić information content (AvgIpc) is 1.94. The minimum absolute atomic E-state index is 0.744. The molecule has 1 aliphatic rings. The molecule has 0 radical (unpaired) electrons. The van der Waals surface area contributed by atoms with E-state index < -0.39 is 0 Å². The predicted octanol–water partition coefficient (Wildman–Crippen LogP) is 3.55. The van der Waals surface area contributed by atoms with Crippen molar-refractivity contribution in [1.29, 1.82) is 0 Å². The highest BCUT2D eigenvalue weighted by Crippen LogP contribution is 2.31. The highest BCUT2D eigenvalue weighted by Gasteiger charge is 2.18. The molecule has 0 spiro atoms. The summed E-state index contributed by atoms with van der Waals surface area (Å²) in [6.07, 6.45) is 4.89. The molecule has 0 heterocycles. The van der Waals surface area contributed by atoms with Gasteiger partial charge in [-0.25, -0.2) is 0 Å². The number of hydrogen-bond acceptors (Lipinski definition) is 0. The van der Waals surface area contributed by atoms with Crippen molar-refractivity contribution < 1.29 is 0 Å². The van der Waals surface area contributed by atoms with E-state index in [0.717, 1.165) is 11.8 Å². The summed E-state index contributed by atoms with van der Waals surface area (Å²) in [6, 6.07) is 0. The summed E-state index contributed by atoms with van der Waals surface area (Å²) in [7, 11) is 0. The van der Waals surface area contributed by atoms with Crippen molar-refractivity contribution in [1.82, 2.24) is 0 Å². The third-order valence-electron chi connectivity index (χ3n) is 2.84. The summed E-state index contributed by atoms with van der Waals surface area (Å²) >= 11 is 0. The minimum atomic E-state index is 0.744. The fourth-order valence-electron chi connectivity index (χ4n) is 1.64. The summed E-state index contributed by atoms with van der Waals surface area (Å²) in [4.78, 5) is 0. The van der Waals surface area contributed by atoms with E-state index in [9.17, 15) is 0 Å². The molecule has 0 fully saturated rings. The van der Waals surface area contributed by atoms with Gasteiger partial charge in [-0.15, -0.1) is 0 Å². The van der Waals surface area contributed by atoms with Crippen LogP contribution >= 0.6 is 0 Å². The normalized spacial score (nSPS) is 31.4. The van der Waals surface area contributed by atoms with Crippen molar-refractivity contribution in [2.24, 2.45) is 11.8 Å². The van der Waals surface area contributed by atoms with Crippen molar-refractivity contribution in [3.05, 3.63) is 23.8 Å². The fraction of sp³-hybridized carbons (Fsp3) is 0.636. The molecule has 11 heavy (non-hydrogen) atoms. The van der Waals surface area contributed by atoms with E-state index in [-0.39, 0.29) is 0 Å². The second kappa shape index (κ2) is 3.25. The molecule has 0 aromatic carbocycles. The lowest BCUT2D eigenvalue weighted by Gasteiger charge is -2.26. The molecule has 0 bridgehead atoms. The lowest BCUT2D eigenvalue weighted by Crippen LogP contribution is -2.12. The van der Waals surface area contributed by atoms with Gasteiger partial charge in [0, 0.05) is 0 Å². The molecule has 0 saturated carbocycles. The van der Waals surface area contributed by atoms with Crippen LogP contribution in [0, 0.1) is 11.8 Å². The Morgan fingerprint density at radius 2 is 2.27 bits per heavy atom. The summed E-state index contributed by atoms with van der Waals surface area (Å²) in [5.41, 5.74) is 2.91. The molecular weight excluding hydrogens is 132 g/mol. The topological polar surface area (TPSA) is 0 Å². The zero-order valence-electron chi connectivity index (χ0n) is 7.85. The largest absolute Gasteiger partial charge is 0.0998 e. The Morgan fingerprint density at radius 1 is 1.64 bits per heavy atom. The Hall–Kier alpha value is -0.520. The maximum atomic E-state index is 4.01. The third kappa shape index (κ3) is 1.95. The van der Waals surface area contributed by atoms with E-state index >= 15 is 0 Å². The molecule has 0 aliphatic heterocycles. The standard InChI is InChI=1S/C11H18/c1-8(2)11-6-5-9(3)10(4)7-11/h5,10-11H,1,6-7H2,2-4H3. The van der Waals surface area contributed by atoms with Crippen molar-refractivity contribution in [2.45, 2.75) is 33.6 Å². The van der Waals surface area contributed by atoms with Crippen LogP contribution in [0.4, 0.5) is 0 Å². The van der Waals surface area contributed by atoms with Crippen LogP contribution in [0.5, 0.6) is 0 Å². The Morgan fingerprint density at radius 3 is 2.73 bits per heavy atom. The number of rotatable bonds is 1. The summed E-state index contributed by atoms with van der Waals surface area (Å²) in [5, 5.41) is 0. The molecule has 0 N–H and O–H groups in total. The van der Waals surface area contributed by atoms with Crippen molar-refractivity contribution >= 4 is 0 Å². The molecule has 2 unspecified atom stereocenters. The molecule has 2 atom stereocenters. The minimum Gasteiger partial charge on any atom is -0.0998 e. The van der Waals surface area contributed by atoms with Gasteiger partial charge in [0.25, 0.3) is 0 Å². The van der Waals surface area contributed by atoms with Gasteiger partial charge < -0.3 is 0 Å². The van der Waals surface area contributed by atoms with Gasteiger partial charge in [0.05, 0.1) is 0 Å². The molecule has 0 heteroatoms. The van der Waals surface area contributed by atoms with Crippen LogP contribution in [0.15, 0.2) is 23.8 Å². The van der Waals surface area contributed by atoms with Crippen LogP contribution in [0.25, 0.3) is 0 Å². The number of hydrogen-bond donors (Lipinski definition) is 0. The average molecular weight is 150 g/mol. The summed E-state index contributed by atoms with van der Waals surface area (Å²) in [5.74, 6) is 1.51. The van der Waals surface area contributed by atoms with Gasteiger partial charge in [-0.3, -0.25) is 0 Å². The van der Waals surface area contributed by atoms with E-state index in [2.05, 4.69) is 33.4 Å². The van der Waals surface area contributed by atoms with E-state index in [1.54, 1.807) is 5.57 Å². The predicted molar refractivity (Wildman–Crippen MR) is 50.5 cm³/mol. The van der Waals surface area contributed by atoms with Crippen LogP contribution < -0.4 is 0 Å². The van der Waals surface area contributed by atoms with Gasteiger partial charge in [0.1, 0.15) is 0 Å². The van der Waals surface area contributed by atoms with E-state index in [1.165, 1.54) is 18.4 Å². The molecule has 1 aliphatic carbocycles. The molecule has 0 saturated heterocycles. The molecule has 0 nitrogen and oxygen atoms in total. The van der Waals surface area contributed by atoms with Crippen LogP contribution in [0.1, 0.15) is 33.6 Å². The van der Waals surface area contributed by atoms with Crippen LogP contribution in [0.2, 0.25) is 0 Å². The highest BCUT2D eigenvalue weighted by atomic mass is 14.2. The van der Waals surface area contributed by atoms with Gasteiger partial charge in [0.2, 0.25) is 0 Å². The van der Waals surface area contributed by atoms with Crippen molar-refractivity contribution in [3.63, 3.8) is 0 Å². The van der Waals surface area contributed by atoms with Gasteiger partial charge >= 0.3 is 0 Å². The van der Waals surface area contributed by atoms with Crippen molar-refractivity contribution in [2.75, 3.05) is 0 Å². The lowest BCUT2D eigenvalue weighted by atomic mass is 9.80. The van der Waals surface area contributed by atoms with Crippen LogP contribution in [0.3, 0.4) is 0 Å². The first-order valence-corrected chi connectivity index (χ1v) is 4.43. The fourth-order valence-corrected chi connectivity index (χ4v) is 1.64. The van der Waals surface area contributed by atoms with E-state index in [1.807, 2.05) is 0 Å². The van der Waals surface area contributed by atoms with Gasteiger partial charge in [-0.1, -0.05) is 30.7 Å². The molecule has 1 rings (SSSR count). The molecule has 0 aromatic heterocycles. The SMILES string of the molecule is C=C(C)C1CC=C(C)C(C)C1. The molecule has 0 amide bonds. The van der Waals surface area contributed by atoms with Gasteiger partial charge in [-0.05, 0) is 38.5 Å². The van der Waals surface area contributed by atoms with Gasteiger partial charge in [-0.2, -0.15) is 0 Å². The first-order valence-electron chi connectivity index (χ1n) is 4.43. The van der Waals surface area contributed by atoms with E-state index in [0.29, 0.717) is 0 Å². The Bertz CT molecular complexity index is 186. The Balaban J connectivity index is 2.62. The molecule has 0 aromatic rings. The zero-order valence-corrected chi connectivity index (χ0v) is 7.85. The summed E-state index contributed by atoms with van der Waals surface area (Å²) < 4.78 is 0. The summed E-state index contributed by atoms with van der Waals surface area (Å²) in [6.45, 7) is 10.7. The monoisotopic (exact) mass is 150 g/mol. The first-order chi connectivity index (χ1) is 5.11. The first kappa shape index (κ1) is 8.58. The van der Waals surface area contributed by atoms with Gasteiger partial charge in [0.15, 0.2) is 0 Å². The quantitative estimate of drug-likeness (QED) is 0.501. The Labute approximate surface area is 70.0 Å². The van der Waals surface area contributed by atoms with Crippen molar-refractivity contribution in [3.8, 4) is 0 Å². The van der Waals surface area contributed by atoms with Crippen LogP contribution in [-0.2, 0) is 0 Å². The lowest BCUT2D eigenvalue weighted by molar-refractivity contribution is 0.450. The highest BCUT2D eigenvalue weighted by molar-refractivity contribution is 5.12. The second-order valence-corrected chi connectivity index (χ2v) is 3.86. The van der Waals surface area contributed by atoms with E-state index in [4.69, 9.17) is 0 Å². The third-order valence-corrected chi connectivity index (χ3v) is 2.84. The smallest absolute Gasteiger partial charge is 0.0168 e. The zero-order chi connectivity index (χ0) is 8.43. The maximum Gasteiger partial charge on any atom is -0.0168 e. The second-order valence-electron chi connectivity index (χ2n) is 3.86.